The number of carbonyl (C=O) groups is 1. The van der Waals surface area contributed by atoms with E-state index in [1.165, 1.54) is 13.8 Å². The smallest absolute Gasteiger partial charge is 0.270 e. The van der Waals surface area contributed by atoms with Crippen LogP contribution in [-0.4, -0.2) is 25.0 Å². The Balaban J connectivity index is 4.98. The van der Waals surface area contributed by atoms with Gasteiger partial charge in [-0.05, 0) is 24.1 Å². The SMILES string of the molecule is C=C(/C=C(\C=C(/C)CF)C(C)(F)F)CNC(C)=O. The molecule has 0 unspecified atom stereocenters. The van der Waals surface area contributed by atoms with Crippen LogP contribution in [-0.2, 0) is 4.79 Å². The van der Waals surface area contributed by atoms with Gasteiger partial charge in [0.1, 0.15) is 6.67 Å². The summed E-state index contributed by atoms with van der Waals surface area (Å²) >= 11 is 0. The van der Waals surface area contributed by atoms with E-state index in [9.17, 15) is 18.0 Å². The molecule has 0 aromatic carbocycles. The van der Waals surface area contributed by atoms with E-state index < -0.39 is 12.6 Å². The molecule has 0 atom stereocenters. The highest BCUT2D eigenvalue weighted by Gasteiger charge is 2.25. The van der Waals surface area contributed by atoms with Gasteiger partial charge in [0.25, 0.3) is 5.92 Å². The average molecular weight is 261 g/mol. The number of carbonyl (C=O) groups excluding carboxylic acids is 1. The number of hydrogen-bond donors (Lipinski definition) is 1. The highest BCUT2D eigenvalue weighted by molar-refractivity contribution is 5.73. The first-order valence-electron chi connectivity index (χ1n) is 5.42. The van der Waals surface area contributed by atoms with Crippen molar-refractivity contribution in [2.45, 2.75) is 26.7 Å². The Labute approximate surface area is 105 Å². The molecule has 0 spiro atoms. The average Bonchev–Trinajstić information content (AvgIpc) is 2.23. The minimum Gasteiger partial charge on any atom is -0.352 e. The fraction of sp³-hybridized carbons (Fsp3) is 0.462. The summed E-state index contributed by atoms with van der Waals surface area (Å²) in [7, 11) is 0. The third-order valence-electron chi connectivity index (χ3n) is 2.04. The van der Waals surface area contributed by atoms with E-state index >= 15 is 0 Å². The lowest BCUT2D eigenvalue weighted by atomic mass is 10.0. The zero-order valence-electron chi connectivity index (χ0n) is 10.8. The highest BCUT2D eigenvalue weighted by Crippen LogP contribution is 2.26. The minimum absolute atomic E-state index is 0.0808. The molecule has 0 radical (unpaired) electrons. The number of nitrogens with one attached hydrogen (secondary N) is 1. The van der Waals surface area contributed by atoms with Crippen LogP contribution in [0.15, 0.2) is 35.5 Å². The Morgan fingerprint density at radius 3 is 2.28 bits per heavy atom. The third-order valence-corrected chi connectivity index (χ3v) is 2.04. The lowest BCUT2D eigenvalue weighted by Gasteiger charge is -2.13. The lowest BCUT2D eigenvalue weighted by molar-refractivity contribution is -0.118. The molecule has 0 aromatic heterocycles. The van der Waals surface area contributed by atoms with Crippen molar-refractivity contribution < 1.29 is 18.0 Å². The third kappa shape index (κ3) is 6.93. The van der Waals surface area contributed by atoms with E-state index in [4.69, 9.17) is 0 Å². The highest BCUT2D eigenvalue weighted by atomic mass is 19.3. The van der Waals surface area contributed by atoms with Gasteiger partial charge >= 0.3 is 0 Å². The van der Waals surface area contributed by atoms with Crippen LogP contribution in [0.3, 0.4) is 0 Å². The molecule has 1 N–H and O–H groups in total. The molecular weight excluding hydrogens is 243 g/mol. The molecule has 0 saturated heterocycles. The minimum atomic E-state index is -3.09. The Morgan fingerprint density at radius 2 is 1.89 bits per heavy atom. The summed E-state index contributed by atoms with van der Waals surface area (Å²) in [6.07, 6.45) is 2.26. The molecule has 0 saturated carbocycles. The second kappa shape index (κ2) is 7.03. The summed E-state index contributed by atoms with van der Waals surface area (Å²) in [5.41, 5.74) is 0.202. The van der Waals surface area contributed by atoms with Crippen LogP contribution < -0.4 is 5.32 Å². The first-order chi connectivity index (χ1) is 8.16. The van der Waals surface area contributed by atoms with Crippen molar-refractivity contribution in [3.63, 3.8) is 0 Å². The Bertz CT molecular complexity index is 378. The van der Waals surface area contributed by atoms with E-state index in [-0.39, 0.29) is 23.6 Å². The zero-order chi connectivity index (χ0) is 14.3. The quantitative estimate of drug-likeness (QED) is 0.731. The largest absolute Gasteiger partial charge is 0.352 e. The molecule has 0 aliphatic carbocycles. The topological polar surface area (TPSA) is 29.1 Å². The van der Waals surface area contributed by atoms with Gasteiger partial charge in [-0.1, -0.05) is 12.7 Å². The molecule has 0 rings (SSSR count). The molecule has 0 bridgehead atoms. The van der Waals surface area contributed by atoms with E-state index in [1.54, 1.807) is 0 Å². The second-order valence-corrected chi connectivity index (χ2v) is 4.18. The maximum atomic E-state index is 13.3. The van der Waals surface area contributed by atoms with Gasteiger partial charge in [0.2, 0.25) is 5.91 Å². The number of halogens is 3. The fourth-order valence-electron chi connectivity index (χ4n) is 1.11. The Morgan fingerprint density at radius 1 is 1.33 bits per heavy atom. The maximum Gasteiger partial charge on any atom is 0.270 e. The first kappa shape index (κ1) is 16.5. The number of amides is 1. The molecule has 0 aliphatic rings. The Kier molecular flexibility index (Phi) is 6.44. The van der Waals surface area contributed by atoms with Crippen molar-refractivity contribution in [2.75, 3.05) is 13.2 Å². The van der Waals surface area contributed by atoms with Gasteiger partial charge < -0.3 is 5.32 Å². The van der Waals surface area contributed by atoms with Crippen LogP contribution in [0.5, 0.6) is 0 Å². The van der Waals surface area contributed by atoms with E-state index in [1.807, 2.05) is 0 Å². The summed E-state index contributed by atoms with van der Waals surface area (Å²) in [6.45, 7) is 6.33. The second-order valence-electron chi connectivity index (χ2n) is 4.18. The standard InChI is InChI=1S/C13H18F3NO/c1-9(7-14)5-12(13(4,15)16)6-10(2)8-17-11(3)18/h5-6H,2,7-8H2,1,3-4H3,(H,17,18)/b9-5+,12-6+. The van der Waals surface area contributed by atoms with Crippen molar-refractivity contribution in [2.24, 2.45) is 0 Å². The molecule has 1 amide bonds. The normalized spacial score (nSPS) is 13.4. The monoisotopic (exact) mass is 261 g/mol. The number of allylic oxidation sites excluding steroid dienone is 3. The molecule has 0 aromatic rings. The van der Waals surface area contributed by atoms with Crippen LogP contribution in [0.25, 0.3) is 0 Å². The molecule has 0 aliphatic heterocycles. The predicted molar refractivity (Wildman–Crippen MR) is 66.3 cm³/mol. The summed E-state index contributed by atoms with van der Waals surface area (Å²) in [4.78, 5) is 10.7. The first-order valence-corrected chi connectivity index (χ1v) is 5.42. The van der Waals surface area contributed by atoms with Crippen molar-refractivity contribution in [1.29, 1.82) is 0 Å². The van der Waals surface area contributed by atoms with Gasteiger partial charge in [-0.25, -0.2) is 13.2 Å². The van der Waals surface area contributed by atoms with Crippen LogP contribution in [0.2, 0.25) is 0 Å². The summed E-state index contributed by atoms with van der Waals surface area (Å²) in [6, 6.07) is 0. The van der Waals surface area contributed by atoms with Crippen LogP contribution in [0.1, 0.15) is 20.8 Å². The molecule has 0 heterocycles. The van der Waals surface area contributed by atoms with E-state index in [0.29, 0.717) is 5.57 Å². The van der Waals surface area contributed by atoms with Gasteiger partial charge in [-0.3, -0.25) is 4.79 Å². The Hall–Kier alpha value is -1.52. The predicted octanol–water partition coefficient (Wildman–Crippen LogP) is 3.18. The maximum absolute atomic E-state index is 13.3. The summed E-state index contributed by atoms with van der Waals surface area (Å²) < 4.78 is 38.9. The molecule has 5 heteroatoms. The van der Waals surface area contributed by atoms with Gasteiger partial charge in [0.05, 0.1) is 0 Å². The van der Waals surface area contributed by atoms with E-state index in [0.717, 1.165) is 19.1 Å². The van der Waals surface area contributed by atoms with Crippen molar-refractivity contribution in [3.05, 3.63) is 35.5 Å². The molecule has 2 nitrogen and oxygen atoms in total. The number of alkyl halides is 3. The van der Waals surface area contributed by atoms with Gasteiger partial charge in [0.15, 0.2) is 0 Å². The summed E-state index contributed by atoms with van der Waals surface area (Å²) in [5, 5.41) is 2.45. The molecular formula is C13H18F3NO. The van der Waals surface area contributed by atoms with Gasteiger partial charge in [-0.2, -0.15) is 0 Å². The summed E-state index contributed by atoms with van der Waals surface area (Å²) in [5.74, 6) is -3.36. The van der Waals surface area contributed by atoms with Crippen molar-refractivity contribution >= 4 is 5.91 Å². The van der Waals surface area contributed by atoms with Crippen LogP contribution in [0.4, 0.5) is 13.2 Å². The van der Waals surface area contributed by atoms with E-state index in [2.05, 4.69) is 11.9 Å². The number of rotatable bonds is 6. The molecule has 0 fully saturated rings. The molecule has 18 heavy (non-hydrogen) atoms. The van der Waals surface area contributed by atoms with Crippen molar-refractivity contribution in [1.82, 2.24) is 5.32 Å². The number of hydrogen-bond acceptors (Lipinski definition) is 1. The zero-order valence-corrected chi connectivity index (χ0v) is 10.8. The fourth-order valence-corrected chi connectivity index (χ4v) is 1.11. The van der Waals surface area contributed by atoms with Gasteiger partial charge in [0, 0.05) is 26.0 Å². The van der Waals surface area contributed by atoms with Crippen molar-refractivity contribution in [3.8, 4) is 0 Å². The van der Waals surface area contributed by atoms with Gasteiger partial charge in [-0.15, -0.1) is 0 Å². The lowest BCUT2D eigenvalue weighted by Crippen LogP contribution is -2.22. The van der Waals surface area contributed by atoms with Crippen LogP contribution >= 0.6 is 0 Å². The molecule has 102 valence electrons. The van der Waals surface area contributed by atoms with Crippen LogP contribution in [0, 0.1) is 0 Å².